The lowest BCUT2D eigenvalue weighted by molar-refractivity contribution is 0.0983. The van der Waals surface area contributed by atoms with Gasteiger partial charge >= 0.3 is 0 Å². The number of hydrogen-bond donors (Lipinski definition) is 1. The van der Waals surface area contributed by atoms with E-state index in [-0.39, 0.29) is 5.78 Å². The standard InChI is InChI=1S/C17H19NO2/c1-20-16-9-4-13(5-10-16)6-11-17(19)15-7-2-14(12-18)3-8-15/h2-5,7-10H,6,11-12,18H2,1H3. The Kier molecular flexibility index (Phi) is 4.91. The number of carbonyl (C=O) groups is 1. The molecule has 20 heavy (non-hydrogen) atoms. The fraction of sp³-hybridized carbons (Fsp3) is 0.235. The second kappa shape index (κ2) is 6.87. The Morgan fingerprint density at radius 3 is 2.15 bits per heavy atom. The molecule has 0 radical (unpaired) electrons. The van der Waals surface area contributed by atoms with Crippen LogP contribution in [-0.4, -0.2) is 12.9 Å². The van der Waals surface area contributed by atoms with Crippen LogP contribution in [0.1, 0.15) is 27.9 Å². The van der Waals surface area contributed by atoms with Gasteiger partial charge in [-0.1, -0.05) is 36.4 Å². The van der Waals surface area contributed by atoms with Crippen LogP contribution in [0, 0.1) is 0 Å². The third-order valence-corrected chi connectivity index (χ3v) is 3.31. The molecule has 0 saturated carbocycles. The molecule has 0 aliphatic heterocycles. The largest absolute Gasteiger partial charge is 0.497 e. The van der Waals surface area contributed by atoms with Gasteiger partial charge in [-0.05, 0) is 29.7 Å². The fourth-order valence-corrected chi connectivity index (χ4v) is 2.02. The van der Waals surface area contributed by atoms with E-state index in [1.54, 1.807) is 7.11 Å². The first-order chi connectivity index (χ1) is 9.72. The molecule has 0 saturated heterocycles. The van der Waals surface area contributed by atoms with Gasteiger partial charge in [0.25, 0.3) is 0 Å². The molecule has 3 nitrogen and oxygen atoms in total. The molecule has 2 aromatic rings. The van der Waals surface area contributed by atoms with Gasteiger partial charge in [-0.25, -0.2) is 0 Å². The number of nitrogens with two attached hydrogens (primary N) is 1. The Morgan fingerprint density at radius 2 is 1.60 bits per heavy atom. The van der Waals surface area contributed by atoms with Crippen molar-refractivity contribution in [2.75, 3.05) is 7.11 Å². The van der Waals surface area contributed by atoms with E-state index >= 15 is 0 Å². The fourth-order valence-electron chi connectivity index (χ4n) is 2.02. The van der Waals surface area contributed by atoms with Gasteiger partial charge in [-0.3, -0.25) is 4.79 Å². The predicted molar refractivity (Wildman–Crippen MR) is 80.0 cm³/mol. The molecule has 104 valence electrons. The number of ketones is 1. The van der Waals surface area contributed by atoms with Crippen LogP contribution in [0.4, 0.5) is 0 Å². The van der Waals surface area contributed by atoms with E-state index in [9.17, 15) is 4.79 Å². The van der Waals surface area contributed by atoms with E-state index < -0.39 is 0 Å². The summed E-state index contributed by atoms with van der Waals surface area (Å²) in [6.45, 7) is 0.500. The molecular weight excluding hydrogens is 250 g/mol. The summed E-state index contributed by atoms with van der Waals surface area (Å²) in [7, 11) is 1.64. The molecule has 0 spiro atoms. The summed E-state index contributed by atoms with van der Waals surface area (Å²) in [4.78, 5) is 12.1. The Morgan fingerprint density at radius 1 is 1.00 bits per heavy atom. The van der Waals surface area contributed by atoms with Crippen molar-refractivity contribution >= 4 is 5.78 Å². The molecule has 0 aromatic heterocycles. The monoisotopic (exact) mass is 269 g/mol. The van der Waals surface area contributed by atoms with Crippen LogP contribution in [0.25, 0.3) is 0 Å². The molecule has 0 amide bonds. The van der Waals surface area contributed by atoms with Gasteiger partial charge in [0.2, 0.25) is 0 Å². The van der Waals surface area contributed by atoms with E-state index in [2.05, 4.69) is 0 Å². The molecule has 2 aromatic carbocycles. The van der Waals surface area contributed by atoms with Crippen molar-refractivity contribution in [2.45, 2.75) is 19.4 Å². The van der Waals surface area contributed by atoms with Gasteiger partial charge in [0, 0.05) is 18.5 Å². The number of carbonyl (C=O) groups excluding carboxylic acids is 1. The van der Waals surface area contributed by atoms with Crippen molar-refractivity contribution in [3.05, 3.63) is 65.2 Å². The Bertz CT molecular complexity index is 559. The lowest BCUT2D eigenvalue weighted by Crippen LogP contribution is -2.02. The molecule has 0 unspecified atom stereocenters. The van der Waals surface area contributed by atoms with Gasteiger partial charge in [0.05, 0.1) is 7.11 Å². The van der Waals surface area contributed by atoms with Crippen molar-refractivity contribution in [3.63, 3.8) is 0 Å². The van der Waals surface area contributed by atoms with Crippen LogP contribution in [-0.2, 0) is 13.0 Å². The van der Waals surface area contributed by atoms with E-state index in [0.717, 1.165) is 28.9 Å². The summed E-state index contributed by atoms with van der Waals surface area (Å²) < 4.78 is 5.11. The van der Waals surface area contributed by atoms with Gasteiger partial charge in [-0.15, -0.1) is 0 Å². The number of aryl methyl sites for hydroxylation is 1. The average Bonchev–Trinajstić information content (AvgIpc) is 2.53. The minimum atomic E-state index is 0.157. The molecular formula is C17H19NO2. The molecule has 0 aliphatic rings. The number of rotatable bonds is 6. The van der Waals surface area contributed by atoms with Gasteiger partial charge < -0.3 is 10.5 Å². The van der Waals surface area contributed by atoms with Crippen molar-refractivity contribution in [3.8, 4) is 5.75 Å². The van der Waals surface area contributed by atoms with Crippen molar-refractivity contribution in [1.29, 1.82) is 0 Å². The first-order valence-electron chi connectivity index (χ1n) is 6.68. The summed E-state index contributed by atoms with van der Waals surface area (Å²) >= 11 is 0. The molecule has 0 aliphatic carbocycles. The lowest BCUT2D eigenvalue weighted by atomic mass is 10.0. The number of ether oxygens (including phenoxy) is 1. The second-order valence-corrected chi connectivity index (χ2v) is 4.67. The number of benzene rings is 2. The average molecular weight is 269 g/mol. The van der Waals surface area contributed by atoms with Crippen LogP contribution >= 0.6 is 0 Å². The maximum absolute atomic E-state index is 12.1. The van der Waals surface area contributed by atoms with E-state index in [1.165, 1.54) is 0 Å². The number of Topliss-reactive ketones (excluding diaryl/α,β-unsaturated/α-hetero) is 1. The van der Waals surface area contributed by atoms with E-state index in [0.29, 0.717) is 13.0 Å². The highest BCUT2D eigenvalue weighted by Crippen LogP contribution is 2.14. The molecule has 3 heteroatoms. The molecule has 0 heterocycles. The third kappa shape index (κ3) is 3.68. The molecule has 0 fully saturated rings. The van der Waals surface area contributed by atoms with Crippen molar-refractivity contribution in [2.24, 2.45) is 5.73 Å². The van der Waals surface area contributed by atoms with Crippen LogP contribution in [0.3, 0.4) is 0 Å². The van der Waals surface area contributed by atoms with Gasteiger partial charge in [0.15, 0.2) is 5.78 Å². The highest BCUT2D eigenvalue weighted by Gasteiger charge is 2.06. The number of methoxy groups -OCH3 is 1. The first kappa shape index (κ1) is 14.3. The normalized spacial score (nSPS) is 10.3. The van der Waals surface area contributed by atoms with Crippen molar-refractivity contribution < 1.29 is 9.53 Å². The topological polar surface area (TPSA) is 52.3 Å². The van der Waals surface area contributed by atoms with Gasteiger partial charge in [0.1, 0.15) is 5.75 Å². The van der Waals surface area contributed by atoms with Crippen LogP contribution in [0.5, 0.6) is 5.75 Å². The quantitative estimate of drug-likeness (QED) is 0.820. The third-order valence-electron chi connectivity index (χ3n) is 3.31. The van der Waals surface area contributed by atoms with Crippen molar-refractivity contribution in [1.82, 2.24) is 0 Å². The van der Waals surface area contributed by atoms with Crippen LogP contribution in [0.2, 0.25) is 0 Å². The smallest absolute Gasteiger partial charge is 0.163 e. The minimum absolute atomic E-state index is 0.157. The SMILES string of the molecule is COc1ccc(CCC(=O)c2ccc(CN)cc2)cc1. The molecule has 0 bridgehead atoms. The minimum Gasteiger partial charge on any atom is -0.497 e. The van der Waals surface area contributed by atoms with E-state index in [1.807, 2.05) is 48.5 Å². The highest BCUT2D eigenvalue weighted by atomic mass is 16.5. The van der Waals surface area contributed by atoms with Gasteiger partial charge in [-0.2, -0.15) is 0 Å². The predicted octanol–water partition coefficient (Wildman–Crippen LogP) is 2.97. The summed E-state index contributed by atoms with van der Waals surface area (Å²) in [5, 5.41) is 0. The molecule has 0 atom stereocenters. The van der Waals surface area contributed by atoms with Crippen LogP contribution in [0.15, 0.2) is 48.5 Å². The van der Waals surface area contributed by atoms with E-state index in [4.69, 9.17) is 10.5 Å². The summed E-state index contributed by atoms with van der Waals surface area (Å²) in [6.07, 6.45) is 1.25. The Labute approximate surface area is 119 Å². The zero-order chi connectivity index (χ0) is 14.4. The first-order valence-corrected chi connectivity index (χ1v) is 6.68. The zero-order valence-corrected chi connectivity index (χ0v) is 11.6. The maximum atomic E-state index is 12.1. The molecule has 2 N–H and O–H groups in total. The summed E-state index contributed by atoms with van der Waals surface area (Å²) in [6, 6.07) is 15.3. The van der Waals surface area contributed by atoms with Crippen LogP contribution < -0.4 is 10.5 Å². The zero-order valence-electron chi connectivity index (χ0n) is 11.6. The Balaban J connectivity index is 1.93. The lowest BCUT2D eigenvalue weighted by Gasteiger charge is -2.04. The molecule has 2 rings (SSSR count). The highest BCUT2D eigenvalue weighted by molar-refractivity contribution is 5.96. The summed E-state index contributed by atoms with van der Waals surface area (Å²) in [5.41, 5.74) is 8.46. The Hall–Kier alpha value is -2.13. The maximum Gasteiger partial charge on any atom is 0.163 e. The number of hydrogen-bond acceptors (Lipinski definition) is 3. The summed E-state index contributed by atoms with van der Waals surface area (Å²) in [5.74, 6) is 0.988. The second-order valence-electron chi connectivity index (χ2n) is 4.67.